The van der Waals surface area contributed by atoms with Crippen LogP contribution in [0.4, 0.5) is 0 Å². The van der Waals surface area contributed by atoms with Crippen molar-refractivity contribution in [2.75, 3.05) is 6.61 Å². The summed E-state index contributed by atoms with van der Waals surface area (Å²) in [6.07, 6.45) is 4.31. The van der Waals surface area contributed by atoms with Crippen LogP contribution in [-0.2, 0) is 6.54 Å². The van der Waals surface area contributed by atoms with Crippen molar-refractivity contribution in [2.45, 2.75) is 59.4 Å². The van der Waals surface area contributed by atoms with E-state index in [9.17, 15) is 20.0 Å². The second-order valence-electron chi connectivity index (χ2n) is 7.00. The molecule has 1 heterocycles. The van der Waals surface area contributed by atoms with Gasteiger partial charge in [0.2, 0.25) is 11.7 Å². The number of carbonyl (C=O) groups is 1. The van der Waals surface area contributed by atoms with Crippen molar-refractivity contribution in [3.63, 3.8) is 0 Å². The SMILES string of the molecule is CCCCCn1c(O)c(C(=O)c2ccccc2OCCCC)c(C)c(C#N)c1=O. The number of aromatic nitrogens is 1. The molecule has 0 aliphatic carbocycles. The molecule has 1 aromatic carbocycles. The predicted octanol–water partition coefficient (Wildman–Crippen LogP) is 4.33. The molecule has 0 aliphatic heterocycles. The molecule has 0 bridgehead atoms. The molecule has 0 saturated heterocycles. The first-order valence-corrected chi connectivity index (χ1v) is 10.1. The van der Waals surface area contributed by atoms with Crippen LogP contribution in [0.15, 0.2) is 29.1 Å². The molecule has 0 fully saturated rings. The summed E-state index contributed by atoms with van der Waals surface area (Å²) in [5.41, 5.74) is -0.224. The van der Waals surface area contributed by atoms with E-state index in [2.05, 4.69) is 0 Å². The van der Waals surface area contributed by atoms with Crippen LogP contribution in [-0.4, -0.2) is 22.1 Å². The number of aromatic hydroxyl groups is 1. The Balaban J connectivity index is 2.57. The predicted molar refractivity (Wildman–Crippen MR) is 112 cm³/mol. The normalized spacial score (nSPS) is 10.6. The van der Waals surface area contributed by atoms with Crippen LogP contribution in [0.5, 0.6) is 11.6 Å². The van der Waals surface area contributed by atoms with E-state index in [1.807, 2.05) is 19.9 Å². The molecule has 0 aliphatic rings. The Bertz CT molecular complexity index is 970. The lowest BCUT2D eigenvalue weighted by Gasteiger charge is -2.17. The van der Waals surface area contributed by atoms with Gasteiger partial charge in [-0.2, -0.15) is 5.26 Å². The molecule has 1 N–H and O–H groups in total. The largest absolute Gasteiger partial charge is 0.494 e. The van der Waals surface area contributed by atoms with Gasteiger partial charge in [0.25, 0.3) is 5.56 Å². The van der Waals surface area contributed by atoms with Crippen LogP contribution in [0, 0.1) is 18.3 Å². The maximum absolute atomic E-state index is 13.3. The Labute approximate surface area is 171 Å². The van der Waals surface area contributed by atoms with E-state index in [-0.39, 0.29) is 23.2 Å². The van der Waals surface area contributed by atoms with Gasteiger partial charge >= 0.3 is 0 Å². The molecule has 1 aromatic heterocycles. The number of pyridine rings is 1. The van der Waals surface area contributed by atoms with Gasteiger partial charge in [0, 0.05) is 6.54 Å². The van der Waals surface area contributed by atoms with Crippen LogP contribution in [0.25, 0.3) is 0 Å². The molecule has 0 saturated carbocycles. The fraction of sp³-hybridized carbons (Fsp3) is 0.435. The number of rotatable bonds is 10. The van der Waals surface area contributed by atoms with Crippen molar-refractivity contribution in [2.24, 2.45) is 0 Å². The maximum atomic E-state index is 13.3. The van der Waals surface area contributed by atoms with Crippen LogP contribution < -0.4 is 10.3 Å². The molecule has 0 unspecified atom stereocenters. The second-order valence-corrected chi connectivity index (χ2v) is 7.00. The summed E-state index contributed by atoms with van der Waals surface area (Å²) < 4.78 is 6.89. The first kappa shape index (κ1) is 22.2. The van der Waals surface area contributed by atoms with Gasteiger partial charge in [-0.05, 0) is 37.5 Å². The molecule has 2 aromatic rings. The standard InChI is InChI=1S/C23H28N2O4/c1-4-6-10-13-25-22(27)18(15-24)16(3)20(23(25)28)21(26)17-11-8-9-12-19(17)29-14-7-5-2/h8-9,11-12,28H,4-7,10,13-14H2,1-3H3. The smallest absolute Gasteiger partial charge is 0.271 e. The summed E-state index contributed by atoms with van der Waals surface area (Å²) in [4.78, 5) is 26.0. The quantitative estimate of drug-likeness (QED) is 0.476. The van der Waals surface area contributed by atoms with Gasteiger partial charge in [0.1, 0.15) is 17.4 Å². The Hall–Kier alpha value is -3.07. The third-order valence-corrected chi connectivity index (χ3v) is 4.90. The van der Waals surface area contributed by atoms with Crippen molar-refractivity contribution in [3.05, 3.63) is 56.9 Å². The zero-order chi connectivity index (χ0) is 21.4. The molecule has 0 radical (unpaired) electrons. The fourth-order valence-electron chi connectivity index (χ4n) is 3.19. The number of unbranched alkanes of at least 4 members (excludes halogenated alkanes) is 3. The van der Waals surface area contributed by atoms with E-state index in [0.717, 1.165) is 30.3 Å². The van der Waals surface area contributed by atoms with E-state index in [1.54, 1.807) is 24.3 Å². The summed E-state index contributed by atoms with van der Waals surface area (Å²) >= 11 is 0. The monoisotopic (exact) mass is 396 g/mol. The first-order chi connectivity index (χ1) is 14.0. The van der Waals surface area contributed by atoms with Crippen molar-refractivity contribution in [1.82, 2.24) is 4.57 Å². The fourth-order valence-corrected chi connectivity index (χ4v) is 3.19. The van der Waals surface area contributed by atoms with Gasteiger partial charge in [-0.25, -0.2) is 0 Å². The first-order valence-electron chi connectivity index (χ1n) is 10.1. The third-order valence-electron chi connectivity index (χ3n) is 4.90. The summed E-state index contributed by atoms with van der Waals surface area (Å²) in [5.74, 6) is -0.434. The van der Waals surface area contributed by atoms with Crippen molar-refractivity contribution < 1.29 is 14.6 Å². The van der Waals surface area contributed by atoms with Crippen molar-refractivity contribution in [3.8, 4) is 17.7 Å². The molecular formula is C23H28N2O4. The second kappa shape index (κ2) is 10.5. The van der Waals surface area contributed by atoms with Crippen molar-refractivity contribution in [1.29, 1.82) is 5.26 Å². The Morgan fingerprint density at radius 1 is 1.17 bits per heavy atom. The average Bonchev–Trinajstić information content (AvgIpc) is 2.71. The minimum absolute atomic E-state index is 0.0239. The lowest BCUT2D eigenvalue weighted by molar-refractivity contribution is 0.103. The topological polar surface area (TPSA) is 92.3 Å². The van der Waals surface area contributed by atoms with Gasteiger partial charge in [-0.15, -0.1) is 0 Å². The number of nitrogens with zero attached hydrogens (tertiary/aromatic N) is 2. The highest BCUT2D eigenvalue weighted by molar-refractivity contribution is 6.13. The zero-order valence-electron chi connectivity index (χ0n) is 17.3. The summed E-state index contributed by atoms with van der Waals surface area (Å²) in [6.45, 7) is 6.33. The summed E-state index contributed by atoms with van der Waals surface area (Å²) in [5, 5.41) is 20.3. The van der Waals surface area contributed by atoms with Gasteiger partial charge in [0.05, 0.1) is 17.7 Å². The summed E-state index contributed by atoms with van der Waals surface area (Å²) in [6, 6.07) is 8.72. The van der Waals surface area contributed by atoms with Gasteiger partial charge < -0.3 is 9.84 Å². The third kappa shape index (κ3) is 4.86. The van der Waals surface area contributed by atoms with Gasteiger partial charge in [-0.3, -0.25) is 14.2 Å². The molecule has 0 atom stereocenters. The number of carbonyl (C=O) groups excluding carboxylic acids is 1. The molecule has 154 valence electrons. The number of hydrogen-bond acceptors (Lipinski definition) is 5. The number of ether oxygens (including phenoxy) is 1. The van der Waals surface area contributed by atoms with E-state index in [0.29, 0.717) is 24.3 Å². The lowest BCUT2D eigenvalue weighted by Crippen LogP contribution is -2.27. The number of para-hydroxylation sites is 1. The lowest BCUT2D eigenvalue weighted by atomic mass is 9.96. The van der Waals surface area contributed by atoms with Crippen LogP contribution >= 0.6 is 0 Å². The average molecular weight is 396 g/mol. The minimum Gasteiger partial charge on any atom is -0.494 e. The molecule has 2 rings (SSSR count). The highest BCUT2D eigenvalue weighted by Gasteiger charge is 2.26. The Morgan fingerprint density at radius 2 is 1.86 bits per heavy atom. The van der Waals surface area contributed by atoms with Crippen molar-refractivity contribution >= 4 is 5.78 Å². The van der Waals surface area contributed by atoms with Gasteiger partial charge in [0.15, 0.2) is 0 Å². The van der Waals surface area contributed by atoms with E-state index < -0.39 is 17.2 Å². The zero-order valence-corrected chi connectivity index (χ0v) is 17.3. The van der Waals surface area contributed by atoms with Crippen LogP contribution in [0.2, 0.25) is 0 Å². The van der Waals surface area contributed by atoms with E-state index in [1.165, 1.54) is 6.92 Å². The molecule has 6 heteroatoms. The van der Waals surface area contributed by atoms with E-state index in [4.69, 9.17) is 4.74 Å². The van der Waals surface area contributed by atoms with Crippen LogP contribution in [0.1, 0.15) is 73.0 Å². The summed E-state index contributed by atoms with van der Waals surface area (Å²) in [7, 11) is 0. The minimum atomic E-state index is -0.567. The number of nitriles is 1. The molecule has 29 heavy (non-hydrogen) atoms. The van der Waals surface area contributed by atoms with E-state index >= 15 is 0 Å². The number of benzene rings is 1. The Kier molecular flexibility index (Phi) is 8.02. The maximum Gasteiger partial charge on any atom is 0.271 e. The number of hydrogen-bond donors (Lipinski definition) is 1. The molecule has 6 nitrogen and oxygen atoms in total. The van der Waals surface area contributed by atoms with Crippen LogP contribution in [0.3, 0.4) is 0 Å². The highest BCUT2D eigenvalue weighted by Crippen LogP contribution is 2.29. The highest BCUT2D eigenvalue weighted by atomic mass is 16.5. The number of ketones is 1. The Morgan fingerprint density at radius 3 is 2.52 bits per heavy atom. The van der Waals surface area contributed by atoms with Gasteiger partial charge in [-0.1, -0.05) is 45.2 Å². The molecule has 0 amide bonds. The molecule has 0 spiro atoms. The molecular weight excluding hydrogens is 368 g/mol.